The van der Waals surface area contributed by atoms with E-state index in [0.29, 0.717) is 6.42 Å². The summed E-state index contributed by atoms with van der Waals surface area (Å²) in [6.07, 6.45) is 1.99. The largest absolute Gasteiger partial charge is 0.478 e. The second-order valence-electron chi connectivity index (χ2n) is 7.14. The van der Waals surface area contributed by atoms with E-state index in [2.05, 4.69) is 0 Å². The molecular formula is C15H16O6. The van der Waals surface area contributed by atoms with Crippen LogP contribution < -0.4 is 0 Å². The predicted molar refractivity (Wildman–Crippen MR) is 68.2 cm³/mol. The van der Waals surface area contributed by atoms with Crippen molar-refractivity contribution in [1.29, 1.82) is 0 Å². The first kappa shape index (κ1) is 13.0. The molecule has 112 valence electrons. The lowest BCUT2D eigenvalue weighted by molar-refractivity contribution is -0.174. The summed E-state index contributed by atoms with van der Waals surface area (Å²) >= 11 is 0. The number of allylic oxidation sites excluding steroid dienone is 1. The Bertz CT molecular complexity index is 626. The van der Waals surface area contributed by atoms with Gasteiger partial charge >= 0.3 is 11.9 Å². The number of carbonyl (C=O) groups is 3. The number of rotatable bonds is 1. The highest BCUT2D eigenvalue weighted by Gasteiger charge is 2.81. The van der Waals surface area contributed by atoms with Crippen molar-refractivity contribution in [2.45, 2.75) is 25.9 Å². The average molecular weight is 292 g/mol. The van der Waals surface area contributed by atoms with E-state index in [0.717, 1.165) is 0 Å². The second kappa shape index (κ2) is 3.38. The van der Waals surface area contributed by atoms with Gasteiger partial charge in [-0.1, -0.05) is 19.9 Å². The summed E-state index contributed by atoms with van der Waals surface area (Å²) in [6, 6.07) is 0. The molecule has 0 aromatic carbocycles. The fraction of sp³-hybridized carbons (Fsp3) is 0.667. The zero-order valence-corrected chi connectivity index (χ0v) is 11.8. The molecule has 2 aliphatic heterocycles. The highest BCUT2D eigenvalue weighted by atomic mass is 16.6. The Balaban J connectivity index is 1.93. The molecule has 2 saturated heterocycles. The monoisotopic (exact) mass is 292 g/mol. The molecule has 3 fully saturated rings. The van der Waals surface area contributed by atoms with Gasteiger partial charge in [-0.25, -0.2) is 9.59 Å². The number of aliphatic carboxylic acids is 1. The number of hydrogen-bond acceptors (Lipinski definition) is 5. The molecule has 21 heavy (non-hydrogen) atoms. The van der Waals surface area contributed by atoms with Gasteiger partial charge in [0.05, 0.1) is 13.2 Å². The molecule has 1 saturated carbocycles. The van der Waals surface area contributed by atoms with E-state index in [1.54, 1.807) is 0 Å². The zero-order chi connectivity index (χ0) is 15.2. The lowest BCUT2D eigenvalue weighted by Crippen LogP contribution is -2.56. The molecule has 0 amide bonds. The van der Waals surface area contributed by atoms with Crippen molar-refractivity contribution in [3.63, 3.8) is 0 Å². The maximum atomic E-state index is 12.7. The highest BCUT2D eigenvalue weighted by Crippen LogP contribution is 2.70. The van der Waals surface area contributed by atoms with Gasteiger partial charge in [-0.05, 0) is 6.42 Å². The summed E-state index contributed by atoms with van der Waals surface area (Å²) in [5.41, 5.74) is -2.31. The van der Waals surface area contributed by atoms with Crippen LogP contribution >= 0.6 is 0 Å². The summed E-state index contributed by atoms with van der Waals surface area (Å²) in [6.45, 7) is 3.93. The molecular weight excluding hydrogens is 276 g/mol. The number of hydrogen-bond donors (Lipinski definition) is 1. The van der Waals surface area contributed by atoms with Crippen LogP contribution in [0.15, 0.2) is 11.6 Å². The second-order valence-corrected chi connectivity index (χ2v) is 7.14. The molecule has 2 heterocycles. The van der Waals surface area contributed by atoms with Crippen molar-refractivity contribution in [3.8, 4) is 0 Å². The first-order valence-electron chi connectivity index (χ1n) is 7.07. The van der Waals surface area contributed by atoms with Crippen LogP contribution in [0.3, 0.4) is 0 Å². The van der Waals surface area contributed by atoms with Crippen molar-refractivity contribution >= 4 is 17.7 Å². The van der Waals surface area contributed by atoms with Crippen molar-refractivity contribution < 1.29 is 29.0 Å². The van der Waals surface area contributed by atoms with E-state index in [1.165, 1.54) is 6.08 Å². The van der Waals surface area contributed by atoms with Gasteiger partial charge in [0, 0.05) is 28.2 Å². The standard InChI is InChI=1S/C15H16O6/c1-13(2)5-14-8(10(13)16)3-7(11(17)18)9(14)4-20-12(19)15(14)6-21-15/h3,8-9H,4-6H2,1-2H3,(H,17,18). The van der Waals surface area contributed by atoms with Crippen LogP contribution in [0, 0.1) is 22.7 Å². The van der Waals surface area contributed by atoms with Crippen molar-refractivity contribution in [2.75, 3.05) is 13.2 Å². The van der Waals surface area contributed by atoms with Crippen LogP contribution in [0.2, 0.25) is 0 Å². The number of cyclic esters (lactones) is 1. The Labute approximate surface area is 121 Å². The van der Waals surface area contributed by atoms with Gasteiger partial charge in [-0.3, -0.25) is 4.79 Å². The molecule has 0 aromatic heterocycles. The van der Waals surface area contributed by atoms with E-state index < -0.39 is 40.2 Å². The van der Waals surface area contributed by atoms with E-state index in [4.69, 9.17) is 9.47 Å². The first-order chi connectivity index (χ1) is 9.76. The molecule has 1 N–H and O–H groups in total. The Morgan fingerprint density at radius 3 is 2.62 bits per heavy atom. The van der Waals surface area contributed by atoms with Gasteiger partial charge < -0.3 is 14.6 Å². The maximum Gasteiger partial charge on any atom is 0.341 e. The van der Waals surface area contributed by atoms with Crippen LogP contribution in [0.25, 0.3) is 0 Å². The Hall–Kier alpha value is -1.69. The smallest absolute Gasteiger partial charge is 0.341 e. The van der Waals surface area contributed by atoms with Gasteiger partial charge in [-0.2, -0.15) is 0 Å². The fourth-order valence-corrected chi connectivity index (χ4v) is 4.78. The van der Waals surface area contributed by atoms with Crippen molar-refractivity contribution in [1.82, 2.24) is 0 Å². The van der Waals surface area contributed by atoms with Gasteiger partial charge in [-0.15, -0.1) is 0 Å². The molecule has 0 radical (unpaired) electrons. The van der Waals surface area contributed by atoms with Gasteiger partial charge in [0.1, 0.15) is 5.78 Å². The normalized spacial score (nSPS) is 45.9. The number of carboxylic acids is 1. The van der Waals surface area contributed by atoms with Crippen molar-refractivity contribution in [2.24, 2.45) is 22.7 Å². The van der Waals surface area contributed by atoms with Crippen LogP contribution in [-0.4, -0.2) is 41.6 Å². The summed E-state index contributed by atoms with van der Waals surface area (Å²) in [4.78, 5) is 36.4. The molecule has 0 aromatic rings. The third-order valence-corrected chi connectivity index (χ3v) is 5.73. The minimum Gasteiger partial charge on any atom is -0.478 e. The minimum absolute atomic E-state index is 0.00618. The minimum atomic E-state index is -1.13. The molecule has 2 spiro atoms. The molecule has 2 aliphatic carbocycles. The van der Waals surface area contributed by atoms with Crippen LogP contribution in [0.4, 0.5) is 0 Å². The molecule has 4 rings (SSSR count). The average Bonchev–Trinajstić information content (AvgIpc) is 3.08. The molecule has 6 nitrogen and oxygen atoms in total. The van der Waals surface area contributed by atoms with Crippen LogP contribution in [0.1, 0.15) is 20.3 Å². The van der Waals surface area contributed by atoms with Gasteiger partial charge in [0.25, 0.3) is 0 Å². The Morgan fingerprint density at radius 2 is 2.05 bits per heavy atom. The zero-order valence-electron chi connectivity index (χ0n) is 11.8. The Morgan fingerprint density at radius 1 is 1.38 bits per heavy atom. The van der Waals surface area contributed by atoms with Crippen LogP contribution in [0.5, 0.6) is 0 Å². The Kier molecular flexibility index (Phi) is 2.09. The molecule has 4 atom stereocenters. The number of carboxylic acid groups (broad SMARTS) is 1. The van der Waals surface area contributed by atoms with E-state index in [-0.39, 0.29) is 24.6 Å². The summed E-state index contributed by atoms with van der Waals surface area (Å²) in [5.74, 6) is -2.54. The topological polar surface area (TPSA) is 93.2 Å². The quantitative estimate of drug-likeness (QED) is 0.560. The lowest BCUT2D eigenvalue weighted by atomic mass is 9.61. The van der Waals surface area contributed by atoms with Gasteiger partial charge in [0.2, 0.25) is 0 Å². The fourth-order valence-electron chi connectivity index (χ4n) is 4.78. The number of carbonyl (C=O) groups excluding carboxylic acids is 2. The van der Waals surface area contributed by atoms with E-state index in [1.807, 2.05) is 13.8 Å². The van der Waals surface area contributed by atoms with E-state index in [9.17, 15) is 19.5 Å². The van der Waals surface area contributed by atoms with Crippen molar-refractivity contribution in [3.05, 3.63) is 11.6 Å². The SMILES string of the molecule is CC1(C)CC23C(C=C(C(=O)O)C2COC(=O)C32CO2)C1=O. The molecule has 6 heteroatoms. The number of Topliss-reactive ketones (excluding diaryl/α,β-unsaturated/α-hetero) is 1. The van der Waals surface area contributed by atoms with Gasteiger partial charge in [0.15, 0.2) is 5.60 Å². The maximum absolute atomic E-state index is 12.7. The summed E-state index contributed by atoms with van der Waals surface area (Å²) in [5, 5.41) is 9.42. The molecule has 4 unspecified atom stereocenters. The third kappa shape index (κ3) is 1.22. The highest BCUT2D eigenvalue weighted by molar-refractivity contribution is 6.00. The summed E-state index contributed by atoms with van der Waals surface area (Å²) in [7, 11) is 0. The predicted octanol–water partition coefficient (Wildman–Crippen LogP) is 0.555. The summed E-state index contributed by atoms with van der Waals surface area (Å²) < 4.78 is 10.7. The number of epoxide rings is 1. The van der Waals surface area contributed by atoms with Crippen LogP contribution in [-0.2, 0) is 23.9 Å². The number of esters is 1. The lowest BCUT2D eigenvalue weighted by Gasteiger charge is -2.44. The third-order valence-electron chi connectivity index (χ3n) is 5.73. The number of ether oxygens (including phenoxy) is 2. The van der Waals surface area contributed by atoms with E-state index >= 15 is 0 Å². The number of ketones is 1. The molecule has 4 aliphatic rings. The first-order valence-corrected chi connectivity index (χ1v) is 7.07. The molecule has 0 bridgehead atoms.